The largest absolute Gasteiger partial charge is 0.324 e. The smallest absolute Gasteiger partial charge is 0.323 e. The Bertz CT molecular complexity index is 801. The van der Waals surface area contributed by atoms with Gasteiger partial charge in [0.05, 0.1) is 30.4 Å². The molecule has 3 amide bonds. The Hall–Kier alpha value is -2.10. The molecule has 2 saturated heterocycles. The summed E-state index contributed by atoms with van der Waals surface area (Å²) in [5, 5.41) is 6.92. The average molecular weight is 367 g/mol. The molecule has 1 aromatic rings. The van der Waals surface area contributed by atoms with Crippen molar-refractivity contribution >= 4 is 27.6 Å². The highest BCUT2D eigenvalue weighted by Crippen LogP contribution is 2.31. The van der Waals surface area contributed by atoms with E-state index in [1.807, 2.05) is 0 Å². The Kier molecular flexibility index (Phi) is 3.94. The van der Waals surface area contributed by atoms with Gasteiger partial charge in [0, 0.05) is 12.6 Å². The minimum absolute atomic E-state index is 0.0301. The zero-order valence-corrected chi connectivity index (χ0v) is 14.6. The third-order valence-electron chi connectivity index (χ3n) is 4.94. The molecule has 3 aliphatic rings. The van der Waals surface area contributed by atoms with Crippen molar-refractivity contribution in [1.82, 2.24) is 19.6 Å². The van der Waals surface area contributed by atoms with Gasteiger partial charge in [-0.1, -0.05) is 0 Å². The highest BCUT2D eigenvalue weighted by molar-refractivity contribution is 7.91. The zero-order chi connectivity index (χ0) is 17.6. The van der Waals surface area contributed by atoms with Gasteiger partial charge >= 0.3 is 6.03 Å². The van der Waals surface area contributed by atoms with Crippen molar-refractivity contribution in [2.45, 2.75) is 25.3 Å². The molecule has 1 unspecified atom stereocenters. The maximum absolute atomic E-state index is 12.5. The number of hydrogen-bond donors (Lipinski definition) is 1. The second-order valence-corrected chi connectivity index (χ2v) is 9.28. The van der Waals surface area contributed by atoms with Crippen LogP contribution in [-0.2, 0) is 14.6 Å². The number of sulfone groups is 1. The van der Waals surface area contributed by atoms with E-state index in [4.69, 9.17) is 0 Å². The molecule has 1 aliphatic carbocycles. The van der Waals surface area contributed by atoms with Gasteiger partial charge in [0.1, 0.15) is 12.4 Å². The summed E-state index contributed by atoms with van der Waals surface area (Å²) in [6.07, 6.45) is 4.33. The predicted molar refractivity (Wildman–Crippen MR) is 89.6 cm³/mol. The maximum Gasteiger partial charge on any atom is 0.324 e. The standard InChI is InChI=1S/C15H21N5O4S/c21-14-8-19(10-18(14)7-11-1-2-11)15(22)17-13-3-5-16-20(13)12-4-6-25(23,24)9-12/h3,5,11-12H,1-2,4,6-10H2,(H,17,22). The molecule has 25 heavy (non-hydrogen) atoms. The lowest BCUT2D eigenvalue weighted by Gasteiger charge is -2.19. The first-order valence-corrected chi connectivity index (χ1v) is 10.3. The minimum atomic E-state index is -3.04. The Labute approximate surface area is 145 Å². The molecular formula is C15H21N5O4S. The van der Waals surface area contributed by atoms with Crippen molar-refractivity contribution in [2.75, 3.05) is 36.6 Å². The molecule has 10 heteroatoms. The zero-order valence-electron chi connectivity index (χ0n) is 13.8. The van der Waals surface area contributed by atoms with Crippen LogP contribution >= 0.6 is 0 Å². The molecule has 1 aromatic heterocycles. The highest BCUT2D eigenvalue weighted by Gasteiger charge is 2.35. The van der Waals surface area contributed by atoms with Crippen molar-refractivity contribution < 1.29 is 18.0 Å². The predicted octanol–water partition coefficient (Wildman–Crippen LogP) is 0.286. The summed E-state index contributed by atoms with van der Waals surface area (Å²) < 4.78 is 24.9. The maximum atomic E-state index is 12.5. The van der Waals surface area contributed by atoms with Crippen molar-refractivity contribution in [3.8, 4) is 0 Å². The summed E-state index contributed by atoms with van der Waals surface area (Å²) >= 11 is 0. The van der Waals surface area contributed by atoms with Crippen LogP contribution in [0.1, 0.15) is 25.3 Å². The fraction of sp³-hybridized carbons (Fsp3) is 0.667. The van der Waals surface area contributed by atoms with Gasteiger partial charge in [-0.3, -0.25) is 15.0 Å². The molecule has 1 saturated carbocycles. The molecule has 136 valence electrons. The summed E-state index contributed by atoms with van der Waals surface area (Å²) in [5.41, 5.74) is 0. The van der Waals surface area contributed by atoms with Crippen molar-refractivity contribution in [1.29, 1.82) is 0 Å². The SMILES string of the molecule is O=C1CN(C(=O)Nc2ccnn2C2CCS(=O)(=O)C2)CN1CC1CC1. The van der Waals surface area contributed by atoms with E-state index in [0.717, 1.165) is 19.4 Å². The number of amides is 3. The Morgan fingerprint density at radius 1 is 1.32 bits per heavy atom. The second-order valence-electron chi connectivity index (χ2n) is 7.05. The van der Waals surface area contributed by atoms with Crippen molar-refractivity contribution in [2.24, 2.45) is 5.92 Å². The molecule has 0 aromatic carbocycles. The molecule has 9 nitrogen and oxygen atoms in total. The normalized spacial score (nSPS) is 25.6. The number of nitrogens with one attached hydrogen (secondary N) is 1. The lowest BCUT2D eigenvalue weighted by molar-refractivity contribution is -0.126. The van der Waals surface area contributed by atoms with E-state index < -0.39 is 9.84 Å². The molecule has 3 heterocycles. The summed E-state index contributed by atoms with van der Waals surface area (Å²) in [7, 11) is -3.04. The average Bonchev–Trinajstić information content (AvgIpc) is 2.94. The molecule has 3 fully saturated rings. The van der Waals surface area contributed by atoms with Gasteiger partial charge in [-0.2, -0.15) is 5.10 Å². The summed E-state index contributed by atoms with van der Waals surface area (Å²) in [6, 6.07) is 1.01. The number of carbonyl (C=O) groups excluding carboxylic acids is 2. The third kappa shape index (κ3) is 3.48. The van der Waals surface area contributed by atoms with E-state index in [1.54, 1.807) is 15.6 Å². The number of rotatable bonds is 4. The van der Waals surface area contributed by atoms with Crippen molar-refractivity contribution in [3.05, 3.63) is 12.3 Å². The van der Waals surface area contributed by atoms with Crippen LogP contribution in [0.25, 0.3) is 0 Å². The van der Waals surface area contributed by atoms with Crippen LogP contribution in [-0.4, -0.2) is 71.2 Å². The van der Waals surface area contributed by atoms with Gasteiger partial charge in [-0.25, -0.2) is 17.9 Å². The van der Waals surface area contributed by atoms with E-state index in [0.29, 0.717) is 24.8 Å². The number of nitrogens with zero attached hydrogens (tertiary/aromatic N) is 4. The summed E-state index contributed by atoms with van der Waals surface area (Å²) in [5.74, 6) is 1.19. The first-order valence-electron chi connectivity index (χ1n) is 8.49. The van der Waals surface area contributed by atoms with Crippen molar-refractivity contribution in [3.63, 3.8) is 0 Å². The van der Waals surface area contributed by atoms with E-state index >= 15 is 0 Å². The summed E-state index contributed by atoms with van der Waals surface area (Å²) in [4.78, 5) is 27.7. The summed E-state index contributed by atoms with van der Waals surface area (Å²) in [6.45, 7) is 1.10. The lowest BCUT2D eigenvalue weighted by Crippen LogP contribution is -2.36. The van der Waals surface area contributed by atoms with Gasteiger partial charge in [0.15, 0.2) is 9.84 Å². The molecule has 0 spiro atoms. The fourth-order valence-corrected chi connectivity index (χ4v) is 5.06. The topological polar surface area (TPSA) is 105 Å². The quantitative estimate of drug-likeness (QED) is 0.823. The number of carbonyl (C=O) groups is 2. The van der Waals surface area contributed by atoms with Crippen LogP contribution in [0, 0.1) is 5.92 Å². The monoisotopic (exact) mass is 367 g/mol. The van der Waals surface area contributed by atoms with Gasteiger partial charge in [0.25, 0.3) is 0 Å². The van der Waals surface area contributed by atoms with E-state index in [9.17, 15) is 18.0 Å². The van der Waals surface area contributed by atoms with Crippen LogP contribution < -0.4 is 5.32 Å². The highest BCUT2D eigenvalue weighted by atomic mass is 32.2. The molecule has 2 aliphatic heterocycles. The number of aromatic nitrogens is 2. The van der Waals surface area contributed by atoms with Crippen LogP contribution in [0.4, 0.5) is 10.6 Å². The second kappa shape index (κ2) is 6.01. The van der Waals surface area contributed by atoms with Gasteiger partial charge in [0.2, 0.25) is 5.91 Å². The molecule has 0 radical (unpaired) electrons. The number of urea groups is 1. The minimum Gasteiger partial charge on any atom is -0.323 e. The van der Waals surface area contributed by atoms with E-state index in [1.165, 1.54) is 11.1 Å². The molecule has 1 atom stereocenters. The first-order chi connectivity index (χ1) is 11.9. The van der Waals surface area contributed by atoms with Gasteiger partial charge < -0.3 is 4.90 Å². The Morgan fingerprint density at radius 3 is 2.80 bits per heavy atom. The number of anilines is 1. The van der Waals surface area contributed by atoms with Crippen LogP contribution in [0.3, 0.4) is 0 Å². The molecule has 1 N–H and O–H groups in total. The van der Waals surface area contributed by atoms with Crippen LogP contribution in [0.5, 0.6) is 0 Å². The van der Waals surface area contributed by atoms with E-state index in [2.05, 4.69) is 10.4 Å². The lowest BCUT2D eigenvalue weighted by atomic mass is 10.3. The Morgan fingerprint density at radius 2 is 2.12 bits per heavy atom. The van der Waals surface area contributed by atoms with E-state index in [-0.39, 0.29) is 36.0 Å². The van der Waals surface area contributed by atoms with Crippen LogP contribution in [0.2, 0.25) is 0 Å². The molecular weight excluding hydrogens is 346 g/mol. The third-order valence-corrected chi connectivity index (χ3v) is 6.69. The molecule has 0 bridgehead atoms. The number of hydrogen-bond acceptors (Lipinski definition) is 5. The van der Waals surface area contributed by atoms with Crippen LogP contribution in [0.15, 0.2) is 12.3 Å². The van der Waals surface area contributed by atoms with Gasteiger partial charge in [-0.15, -0.1) is 0 Å². The first kappa shape index (κ1) is 16.4. The molecule has 4 rings (SSSR count). The fourth-order valence-electron chi connectivity index (χ4n) is 3.37. The Balaban J connectivity index is 1.40. The van der Waals surface area contributed by atoms with Gasteiger partial charge in [-0.05, 0) is 25.2 Å².